The van der Waals surface area contributed by atoms with Crippen LogP contribution in [-0.4, -0.2) is 46.9 Å². The van der Waals surface area contributed by atoms with Crippen molar-refractivity contribution < 1.29 is 19.2 Å². The molecule has 3 rings (SSSR count). The van der Waals surface area contributed by atoms with E-state index < -0.39 is 23.5 Å². The Kier molecular flexibility index (Phi) is 6.28. The topological polar surface area (TPSA) is 120 Å². The Morgan fingerprint density at radius 3 is 2.33 bits per heavy atom. The third-order valence-electron chi connectivity index (χ3n) is 5.54. The SMILES string of the molecule is CC1CCC2(CC1)NC(=O)N(CC(=O)Nc1ccccc1NC(=O)NC(C)C)C2=O. The number of carbonyl (C=O) groups excluding carboxylic acids is 4. The van der Waals surface area contributed by atoms with Crippen LogP contribution in [-0.2, 0) is 9.59 Å². The lowest BCUT2D eigenvalue weighted by Crippen LogP contribution is -2.49. The van der Waals surface area contributed by atoms with Crippen LogP contribution in [0.5, 0.6) is 0 Å². The zero-order valence-electron chi connectivity index (χ0n) is 17.6. The van der Waals surface area contributed by atoms with Gasteiger partial charge in [0.2, 0.25) is 5.91 Å². The highest BCUT2D eigenvalue weighted by Crippen LogP contribution is 2.36. The molecule has 0 unspecified atom stereocenters. The van der Waals surface area contributed by atoms with E-state index in [0.29, 0.717) is 30.1 Å². The van der Waals surface area contributed by atoms with Crippen LogP contribution in [0.3, 0.4) is 0 Å². The van der Waals surface area contributed by atoms with Crippen LogP contribution in [0.25, 0.3) is 0 Å². The summed E-state index contributed by atoms with van der Waals surface area (Å²) in [5.74, 6) is -0.329. The van der Waals surface area contributed by atoms with Crippen molar-refractivity contribution in [3.63, 3.8) is 0 Å². The molecule has 9 heteroatoms. The van der Waals surface area contributed by atoms with E-state index in [9.17, 15) is 19.2 Å². The van der Waals surface area contributed by atoms with Gasteiger partial charge in [0, 0.05) is 6.04 Å². The maximum Gasteiger partial charge on any atom is 0.325 e. The van der Waals surface area contributed by atoms with Crippen LogP contribution < -0.4 is 21.3 Å². The summed E-state index contributed by atoms with van der Waals surface area (Å²) in [6, 6.07) is 5.77. The number of benzene rings is 1. The Bertz CT molecular complexity index is 846. The molecule has 1 saturated carbocycles. The largest absolute Gasteiger partial charge is 0.336 e. The summed E-state index contributed by atoms with van der Waals surface area (Å²) >= 11 is 0. The van der Waals surface area contributed by atoms with Crippen LogP contribution in [0, 0.1) is 5.92 Å². The van der Waals surface area contributed by atoms with Crippen molar-refractivity contribution in [3.8, 4) is 0 Å². The van der Waals surface area contributed by atoms with E-state index in [4.69, 9.17) is 0 Å². The molecule has 2 aliphatic rings. The third kappa shape index (κ3) is 4.72. The second-order valence-electron chi connectivity index (χ2n) is 8.43. The molecule has 9 nitrogen and oxygen atoms in total. The van der Waals surface area contributed by atoms with Gasteiger partial charge in [-0.2, -0.15) is 0 Å². The number of hydrogen-bond donors (Lipinski definition) is 4. The van der Waals surface area contributed by atoms with Gasteiger partial charge in [0.05, 0.1) is 11.4 Å². The first-order chi connectivity index (χ1) is 14.2. The highest BCUT2D eigenvalue weighted by molar-refractivity contribution is 6.10. The predicted octanol–water partition coefficient (Wildman–Crippen LogP) is 2.66. The van der Waals surface area contributed by atoms with Crippen molar-refractivity contribution in [3.05, 3.63) is 24.3 Å². The van der Waals surface area contributed by atoms with Gasteiger partial charge in [-0.3, -0.25) is 14.5 Å². The molecule has 1 aromatic rings. The number of anilines is 2. The van der Waals surface area contributed by atoms with Gasteiger partial charge < -0.3 is 21.3 Å². The number of para-hydroxylation sites is 2. The first kappa shape index (κ1) is 21.6. The third-order valence-corrected chi connectivity index (χ3v) is 5.54. The van der Waals surface area contributed by atoms with Gasteiger partial charge in [-0.05, 0) is 57.6 Å². The minimum Gasteiger partial charge on any atom is -0.336 e. The molecule has 0 radical (unpaired) electrons. The maximum absolute atomic E-state index is 12.9. The normalized spacial score (nSPS) is 23.5. The van der Waals surface area contributed by atoms with Crippen molar-refractivity contribution in [1.29, 1.82) is 0 Å². The van der Waals surface area contributed by atoms with Crippen LogP contribution >= 0.6 is 0 Å². The molecule has 4 N–H and O–H groups in total. The van der Waals surface area contributed by atoms with Crippen molar-refractivity contribution in [2.24, 2.45) is 5.92 Å². The van der Waals surface area contributed by atoms with Crippen LogP contribution in [0.2, 0.25) is 0 Å². The summed E-state index contributed by atoms with van der Waals surface area (Å²) in [6.07, 6.45) is 2.91. The molecule has 1 spiro atoms. The first-order valence-corrected chi connectivity index (χ1v) is 10.3. The zero-order valence-corrected chi connectivity index (χ0v) is 17.6. The first-order valence-electron chi connectivity index (χ1n) is 10.3. The fourth-order valence-corrected chi connectivity index (χ4v) is 3.87. The highest BCUT2D eigenvalue weighted by Gasteiger charge is 2.52. The summed E-state index contributed by atoms with van der Waals surface area (Å²) in [4.78, 5) is 50.8. The Labute approximate surface area is 175 Å². The molecule has 6 amide bonds. The summed E-state index contributed by atoms with van der Waals surface area (Å²) in [6.45, 7) is 5.43. The molecular weight excluding hydrogens is 386 g/mol. The number of imide groups is 1. The Balaban J connectivity index is 1.64. The van der Waals surface area contributed by atoms with Crippen molar-refractivity contribution in [2.45, 2.75) is 58.0 Å². The van der Waals surface area contributed by atoms with Gasteiger partial charge in [0.1, 0.15) is 12.1 Å². The summed E-state index contributed by atoms with van der Waals surface area (Å²) in [5.41, 5.74) is -0.0771. The van der Waals surface area contributed by atoms with Gasteiger partial charge in [-0.1, -0.05) is 19.1 Å². The van der Waals surface area contributed by atoms with Crippen LogP contribution in [0.1, 0.15) is 46.5 Å². The quantitative estimate of drug-likeness (QED) is 0.553. The molecule has 1 saturated heterocycles. The predicted molar refractivity (Wildman–Crippen MR) is 113 cm³/mol. The van der Waals surface area contributed by atoms with Crippen LogP contribution in [0.15, 0.2) is 24.3 Å². The van der Waals surface area contributed by atoms with Gasteiger partial charge in [0.15, 0.2) is 0 Å². The second kappa shape index (κ2) is 8.73. The monoisotopic (exact) mass is 415 g/mol. The average Bonchev–Trinajstić information content (AvgIpc) is 2.89. The molecule has 0 aromatic heterocycles. The Morgan fingerprint density at radius 2 is 1.73 bits per heavy atom. The molecule has 0 atom stereocenters. The van der Waals surface area contributed by atoms with Crippen molar-refractivity contribution in [1.82, 2.24) is 15.5 Å². The molecule has 0 bridgehead atoms. The molecule has 1 heterocycles. The number of rotatable bonds is 5. The minimum atomic E-state index is -0.877. The van der Waals surface area contributed by atoms with Gasteiger partial charge in [-0.25, -0.2) is 9.59 Å². The maximum atomic E-state index is 12.9. The van der Waals surface area contributed by atoms with E-state index >= 15 is 0 Å². The standard InChI is InChI=1S/C21H29N5O4/c1-13(2)22-19(29)24-16-7-5-4-6-15(16)23-17(27)12-26-18(28)21(25-20(26)30)10-8-14(3)9-11-21/h4-7,13-14H,8-12H2,1-3H3,(H,23,27)(H,25,30)(H2,22,24,29). The number of hydrogen-bond acceptors (Lipinski definition) is 4. The molecule has 1 aromatic carbocycles. The highest BCUT2D eigenvalue weighted by atomic mass is 16.2. The molecule has 30 heavy (non-hydrogen) atoms. The van der Waals surface area contributed by atoms with Crippen molar-refractivity contribution in [2.75, 3.05) is 17.2 Å². The zero-order chi connectivity index (χ0) is 21.9. The molecular formula is C21H29N5O4. The summed E-state index contributed by atoms with van der Waals surface area (Å²) in [5, 5.41) is 10.9. The molecule has 162 valence electrons. The van der Waals surface area contributed by atoms with Gasteiger partial charge in [0.25, 0.3) is 5.91 Å². The van der Waals surface area contributed by atoms with E-state index in [1.807, 2.05) is 13.8 Å². The van der Waals surface area contributed by atoms with E-state index in [1.54, 1.807) is 24.3 Å². The lowest BCUT2D eigenvalue weighted by Gasteiger charge is -2.33. The Hall–Kier alpha value is -3.10. The minimum absolute atomic E-state index is 0.0402. The van der Waals surface area contributed by atoms with Gasteiger partial charge in [-0.15, -0.1) is 0 Å². The lowest BCUT2D eigenvalue weighted by molar-refractivity contribution is -0.135. The van der Waals surface area contributed by atoms with E-state index in [0.717, 1.165) is 17.7 Å². The van der Waals surface area contributed by atoms with Crippen LogP contribution in [0.4, 0.5) is 21.0 Å². The number of nitrogens with zero attached hydrogens (tertiary/aromatic N) is 1. The number of carbonyl (C=O) groups is 4. The number of urea groups is 2. The fourth-order valence-electron chi connectivity index (χ4n) is 3.87. The molecule has 1 aliphatic carbocycles. The second-order valence-corrected chi connectivity index (χ2v) is 8.43. The smallest absolute Gasteiger partial charge is 0.325 e. The summed E-state index contributed by atoms with van der Waals surface area (Å²) < 4.78 is 0. The summed E-state index contributed by atoms with van der Waals surface area (Å²) in [7, 11) is 0. The molecule has 1 aliphatic heterocycles. The number of amides is 6. The van der Waals surface area contributed by atoms with E-state index in [1.165, 1.54) is 0 Å². The van der Waals surface area contributed by atoms with Crippen molar-refractivity contribution >= 4 is 35.3 Å². The molecule has 2 fully saturated rings. The fraction of sp³-hybridized carbons (Fsp3) is 0.524. The van der Waals surface area contributed by atoms with Gasteiger partial charge >= 0.3 is 12.1 Å². The average molecular weight is 415 g/mol. The van der Waals surface area contributed by atoms with E-state index in [-0.39, 0.29) is 18.5 Å². The van der Waals surface area contributed by atoms with E-state index in [2.05, 4.69) is 28.2 Å². The Morgan fingerprint density at radius 1 is 1.13 bits per heavy atom. The lowest BCUT2D eigenvalue weighted by atomic mass is 9.77. The number of nitrogens with one attached hydrogen (secondary N) is 4.